The third-order valence-electron chi connectivity index (χ3n) is 3.88. The molecule has 1 aliphatic heterocycles. The standard InChI is InChI=1S/C18H16ClNO2/c19-14-7-8-16-15(12-14)17(21)10-11-20(16)18(22)9-6-13-4-2-1-3-5-13/h1-5,7-8,12H,6,9-11H2. The zero-order chi connectivity index (χ0) is 15.5. The maximum absolute atomic E-state index is 12.5. The molecule has 0 aromatic heterocycles. The fourth-order valence-corrected chi connectivity index (χ4v) is 2.90. The predicted molar refractivity (Wildman–Crippen MR) is 87.5 cm³/mol. The fourth-order valence-electron chi connectivity index (χ4n) is 2.73. The summed E-state index contributed by atoms with van der Waals surface area (Å²) in [4.78, 5) is 26.2. The Balaban J connectivity index is 1.77. The molecule has 0 aliphatic carbocycles. The van der Waals surface area contributed by atoms with Gasteiger partial charge in [0.15, 0.2) is 5.78 Å². The quantitative estimate of drug-likeness (QED) is 0.862. The van der Waals surface area contributed by atoms with E-state index in [0.717, 1.165) is 5.56 Å². The molecule has 3 nitrogen and oxygen atoms in total. The third-order valence-corrected chi connectivity index (χ3v) is 4.12. The van der Waals surface area contributed by atoms with Crippen LogP contribution in [-0.4, -0.2) is 18.2 Å². The van der Waals surface area contributed by atoms with Crippen LogP contribution in [0.1, 0.15) is 28.8 Å². The second-order valence-electron chi connectivity index (χ2n) is 5.37. The lowest BCUT2D eigenvalue weighted by atomic mass is 9.99. The van der Waals surface area contributed by atoms with Crippen LogP contribution in [0.2, 0.25) is 5.02 Å². The predicted octanol–water partition coefficient (Wildman–Crippen LogP) is 3.89. The number of carbonyl (C=O) groups excluding carboxylic acids is 2. The van der Waals surface area contributed by atoms with E-state index in [1.54, 1.807) is 23.1 Å². The molecule has 1 amide bonds. The molecule has 2 aromatic carbocycles. The molecule has 0 fully saturated rings. The van der Waals surface area contributed by atoms with Gasteiger partial charge in [-0.2, -0.15) is 0 Å². The molecule has 22 heavy (non-hydrogen) atoms. The smallest absolute Gasteiger partial charge is 0.227 e. The van der Waals surface area contributed by atoms with E-state index in [1.165, 1.54) is 0 Å². The molecular formula is C18H16ClNO2. The molecule has 0 bridgehead atoms. The molecule has 112 valence electrons. The minimum Gasteiger partial charge on any atom is -0.311 e. The number of ketones is 1. The third kappa shape index (κ3) is 3.04. The van der Waals surface area contributed by atoms with Gasteiger partial charge in [-0.05, 0) is 30.2 Å². The average Bonchev–Trinajstić information content (AvgIpc) is 2.54. The molecule has 0 unspecified atom stereocenters. The fraction of sp³-hybridized carbons (Fsp3) is 0.222. The van der Waals surface area contributed by atoms with E-state index >= 15 is 0 Å². The summed E-state index contributed by atoms with van der Waals surface area (Å²) in [5.41, 5.74) is 2.37. The first-order valence-corrected chi connectivity index (χ1v) is 7.70. The van der Waals surface area contributed by atoms with E-state index in [1.807, 2.05) is 30.3 Å². The largest absolute Gasteiger partial charge is 0.311 e. The number of hydrogen-bond donors (Lipinski definition) is 0. The molecule has 0 spiro atoms. The Morgan fingerprint density at radius 3 is 2.68 bits per heavy atom. The van der Waals surface area contributed by atoms with Crippen molar-refractivity contribution in [3.05, 3.63) is 64.7 Å². The number of carbonyl (C=O) groups is 2. The lowest BCUT2D eigenvalue weighted by Crippen LogP contribution is -2.37. The van der Waals surface area contributed by atoms with Crippen molar-refractivity contribution in [2.24, 2.45) is 0 Å². The molecule has 0 saturated heterocycles. The van der Waals surface area contributed by atoms with E-state index in [9.17, 15) is 9.59 Å². The number of nitrogens with zero attached hydrogens (tertiary/aromatic N) is 1. The van der Waals surface area contributed by atoms with Gasteiger partial charge < -0.3 is 4.90 Å². The van der Waals surface area contributed by atoms with E-state index in [-0.39, 0.29) is 11.7 Å². The lowest BCUT2D eigenvalue weighted by Gasteiger charge is -2.29. The van der Waals surface area contributed by atoms with Crippen molar-refractivity contribution in [2.45, 2.75) is 19.3 Å². The van der Waals surface area contributed by atoms with Crippen LogP contribution < -0.4 is 4.90 Å². The second-order valence-corrected chi connectivity index (χ2v) is 5.80. The molecule has 4 heteroatoms. The van der Waals surface area contributed by atoms with Gasteiger partial charge >= 0.3 is 0 Å². The van der Waals surface area contributed by atoms with Crippen molar-refractivity contribution >= 4 is 29.0 Å². The van der Waals surface area contributed by atoms with Gasteiger partial charge in [-0.15, -0.1) is 0 Å². The molecule has 0 N–H and O–H groups in total. The van der Waals surface area contributed by atoms with E-state index in [4.69, 9.17) is 11.6 Å². The zero-order valence-corrected chi connectivity index (χ0v) is 12.8. The average molecular weight is 314 g/mol. The second kappa shape index (κ2) is 6.32. The van der Waals surface area contributed by atoms with Crippen LogP contribution in [0.25, 0.3) is 0 Å². The van der Waals surface area contributed by atoms with Gasteiger partial charge in [0, 0.05) is 30.0 Å². The van der Waals surface area contributed by atoms with Gasteiger partial charge in [0.05, 0.1) is 5.69 Å². The highest BCUT2D eigenvalue weighted by molar-refractivity contribution is 6.31. The maximum Gasteiger partial charge on any atom is 0.227 e. The minimum absolute atomic E-state index is 0.0416. The van der Waals surface area contributed by atoms with Gasteiger partial charge in [-0.1, -0.05) is 41.9 Å². The number of hydrogen-bond acceptors (Lipinski definition) is 2. The molecule has 1 heterocycles. The van der Waals surface area contributed by atoms with Crippen molar-refractivity contribution in [3.8, 4) is 0 Å². The topological polar surface area (TPSA) is 37.4 Å². The van der Waals surface area contributed by atoms with Crippen LogP contribution in [0.5, 0.6) is 0 Å². The summed E-state index contributed by atoms with van der Waals surface area (Å²) in [7, 11) is 0. The Hall–Kier alpha value is -2.13. The van der Waals surface area contributed by atoms with Crippen molar-refractivity contribution in [2.75, 3.05) is 11.4 Å². The maximum atomic E-state index is 12.5. The van der Waals surface area contributed by atoms with Crippen LogP contribution >= 0.6 is 11.6 Å². The molecule has 0 radical (unpaired) electrons. The Bertz CT molecular complexity index is 712. The van der Waals surface area contributed by atoms with E-state index < -0.39 is 0 Å². The van der Waals surface area contributed by atoms with Crippen LogP contribution in [0.15, 0.2) is 48.5 Å². The summed E-state index contributed by atoms with van der Waals surface area (Å²) in [6, 6.07) is 15.1. The summed E-state index contributed by atoms with van der Waals surface area (Å²) >= 11 is 5.95. The highest BCUT2D eigenvalue weighted by Crippen LogP contribution is 2.30. The van der Waals surface area contributed by atoms with Gasteiger partial charge in [0.2, 0.25) is 5.91 Å². The first-order valence-electron chi connectivity index (χ1n) is 7.32. The Morgan fingerprint density at radius 2 is 1.91 bits per heavy atom. The van der Waals surface area contributed by atoms with Crippen molar-refractivity contribution < 1.29 is 9.59 Å². The van der Waals surface area contributed by atoms with Gasteiger partial charge in [0.25, 0.3) is 0 Å². The lowest BCUT2D eigenvalue weighted by molar-refractivity contribution is -0.118. The van der Waals surface area contributed by atoms with Gasteiger partial charge in [0.1, 0.15) is 0 Å². The number of halogens is 1. The van der Waals surface area contributed by atoms with Crippen LogP contribution in [0.3, 0.4) is 0 Å². The molecule has 2 aromatic rings. The minimum atomic E-state index is 0.0416. The SMILES string of the molecule is O=C1CCN(C(=O)CCc2ccccc2)c2ccc(Cl)cc21. The Kier molecular flexibility index (Phi) is 4.25. The Labute approximate surface area is 134 Å². The molecular weight excluding hydrogens is 298 g/mol. The molecule has 1 aliphatic rings. The van der Waals surface area contributed by atoms with Crippen LogP contribution in [-0.2, 0) is 11.2 Å². The number of aryl methyl sites for hydroxylation is 1. The molecule has 0 saturated carbocycles. The monoisotopic (exact) mass is 313 g/mol. The van der Waals surface area contributed by atoms with Crippen LogP contribution in [0.4, 0.5) is 5.69 Å². The van der Waals surface area contributed by atoms with Crippen molar-refractivity contribution in [1.29, 1.82) is 0 Å². The van der Waals surface area contributed by atoms with E-state index in [2.05, 4.69) is 0 Å². The molecule has 3 rings (SSSR count). The summed E-state index contributed by atoms with van der Waals surface area (Å²) in [6.45, 7) is 0.446. The Morgan fingerprint density at radius 1 is 1.14 bits per heavy atom. The summed E-state index contributed by atoms with van der Waals surface area (Å²) in [6.07, 6.45) is 1.48. The number of fused-ring (bicyclic) bond motifs is 1. The number of amides is 1. The summed E-state index contributed by atoms with van der Waals surface area (Å²) in [5.74, 6) is 0.0875. The number of Topliss-reactive ketones (excluding diaryl/α,β-unsaturated/α-hetero) is 1. The van der Waals surface area contributed by atoms with Crippen molar-refractivity contribution in [3.63, 3.8) is 0 Å². The van der Waals surface area contributed by atoms with Crippen molar-refractivity contribution in [1.82, 2.24) is 0 Å². The summed E-state index contributed by atoms with van der Waals surface area (Å²) in [5, 5.41) is 0.519. The number of anilines is 1. The van der Waals surface area contributed by atoms with Gasteiger partial charge in [-0.25, -0.2) is 0 Å². The summed E-state index contributed by atoms with van der Waals surface area (Å²) < 4.78 is 0. The van der Waals surface area contributed by atoms with Gasteiger partial charge in [-0.3, -0.25) is 9.59 Å². The molecule has 0 atom stereocenters. The zero-order valence-electron chi connectivity index (χ0n) is 12.1. The normalized spacial score (nSPS) is 13.9. The highest BCUT2D eigenvalue weighted by Gasteiger charge is 2.27. The van der Waals surface area contributed by atoms with Crippen LogP contribution in [0, 0.1) is 0 Å². The number of benzene rings is 2. The van der Waals surface area contributed by atoms with E-state index in [0.29, 0.717) is 42.1 Å². The number of rotatable bonds is 3. The first kappa shape index (κ1) is 14.8. The highest BCUT2D eigenvalue weighted by atomic mass is 35.5. The first-order chi connectivity index (χ1) is 10.6.